The Balaban J connectivity index is 2.72. The molecule has 0 aliphatic heterocycles. The van der Waals surface area contributed by atoms with Crippen LogP contribution in [0.1, 0.15) is 38.1 Å². The summed E-state index contributed by atoms with van der Waals surface area (Å²) >= 11 is 0. The monoisotopic (exact) mass is 251 g/mol. The van der Waals surface area contributed by atoms with E-state index in [0.717, 1.165) is 0 Å². The second-order valence-electron chi connectivity index (χ2n) is 5.32. The molecule has 0 spiro atoms. The van der Waals surface area contributed by atoms with Crippen LogP contribution >= 0.6 is 0 Å². The quantitative estimate of drug-likeness (QED) is 0.834. The third-order valence-corrected chi connectivity index (χ3v) is 1.98. The van der Waals surface area contributed by atoms with Gasteiger partial charge in [-0.3, -0.25) is 0 Å². The van der Waals surface area contributed by atoms with Gasteiger partial charge in [0.25, 0.3) is 0 Å². The predicted molar refractivity (Wildman–Crippen MR) is 70.8 cm³/mol. The van der Waals surface area contributed by atoms with E-state index in [-0.39, 0.29) is 12.0 Å². The molecule has 0 saturated carbocycles. The Morgan fingerprint density at radius 1 is 1.39 bits per heavy atom. The first-order chi connectivity index (χ1) is 8.28. The van der Waals surface area contributed by atoms with E-state index in [0.29, 0.717) is 17.9 Å². The molecule has 2 N–H and O–H groups in total. The van der Waals surface area contributed by atoms with Gasteiger partial charge in [-0.1, -0.05) is 6.07 Å². The van der Waals surface area contributed by atoms with Gasteiger partial charge in [0.2, 0.25) is 0 Å². The number of hydrogen-bond donors (Lipinski definition) is 1. The molecule has 0 radical (unpaired) electrons. The van der Waals surface area contributed by atoms with Gasteiger partial charge in [0, 0.05) is 6.04 Å². The number of benzene rings is 1. The lowest BCUT2D eigenvalue weighted by Crippen LogP contribution is -2.24. The van der Waals surface area contributed by atoms with Crippen LogP contribution in [0.4, 0.5) is 0 Å². The van der Waals surface area contributed by atoms with Crippen molar-refractivity contribution in [3.8, 4) is 5.75 Å². The Labute approximate surface area is 108 Å². The zero-order valence-electron chi connectivity index (χ0n) is 11.4. The van der Waals surface area contributed by atoms with Crippen molar-refractivity contribution >= 4 is 5.97 Å². The summed E-state index contributed by atoms with van der Waals surface area (Å²) in [5.41, 5.74) is 5.58. The van der Waals surface area contributed by atoms with E-state index < -0.39 is 5.60 Å². The average Bonchev–Trinajstić information content (AvgIpc) is 2.24. The summed E-state index contributed by atoms with van der Waals surface area (Å²) in [6.07, 6.45) is 0. The molecular weight excluding hydrogens is 230 g/mol. The summed E-state index contributed by atoms with van der Waals surface area (Å²) in [4.78, 5) is 11.8. The molecule has 18 heavy (non-hydrogen) atoms. The predicted octanol–water partition coefficient (Wildman–Crippen LogP) is 2.37. The van der Waals surface area contributed by atoms with Crippen molar-refractivity contribution in [3.63, 3.8) is 0 Å². The fourth-order valence-electron chi connectivity index (χ4n) is 1.28. The van der Waals surface area contributed by atoms with Crippen LogP contribution in [0.25, 0.3) is 0 Å². The standard InChI is InChI=1S/C14H21NO3/c1-10(15)9-17-12-7-5-6-11(8-12)13(16)18-14(2,3)4/h5-8,10H,9,15H2,1-4H3. The number of carbonyl (C=O) groups is 1. The van der Waals surface area contributed by atoms with E-state index in [9.17, 15) is 4.79 Å². The Kier molecular flexibility index (Phi) is 4.73. The number of esters is 1. The fraction of sp³-hybridized carbons (Fsp3) is 0.500. The van der Waals surface area contributed by atoms with Crippen molar-refractivity contribution < 1.29 is 14.3 Å². The highest BCUT2D eigenvalue weighted by Crippen LogP contribution is 2.17. The number of ether oxygens (including phenoxy) is 2. The van der Waals surface area contributed by atoms with Crippen molar-refractivity contribution in [2.45, 2.75) is 39.3 Å². The largest absolute Gasteiger partial charge is 0.492 e. The molecule has 1 atom stereocenters. The molecule has 0 saturated heterocycles. The SMILES string of the molecule is CC(N)COc1cccc(C(=O)OC(C)(C)C)c1. The van der Waals surface area contributed by atoms with Crippen LogP contribution in [0, 0.1) is 0 Å². The van der Waals surface area contributed by atoms with Crippen molar-refractivity contribution in [3.05, 3.63) is 29.8 Å². The van der Waals surface area contributed by atoms with Crippen LogP contribution in [0.15, 0.2) is 24.3 Å². The van der Waals surface area contributed by atoms with Crippen molar-refractivity contribution in [2.24, 2.45) is 5.73 Å². The van der Waals surface area contributed by atoms with Gasteiger partial charge in [-0.2, -0.15) is 0 Å². The fourth-order valence-corrected chi connectivity index (χ4v) is 1.28. The summed E-state index contributed by atoms with van der Waals surface area (Å²) in [5, 5.41) is 0. The van der Waals surface area contributed by atoms with Crippen LogP contribution in [0.3, 0.4) is 0 Å². The van der Waals surface area contributed by atoms with Crippen molar-refractivity contribution in [2.75, 3.05) is 6.61 Å². The molecule has 100 valence electrons. The highest BCUT2D eigenvalue weighted by atomic mass is 16.6. The number of rotatable bonds is 4. The minimum absolute atomic E-state index is 0.0461. The van der Waals surface area contributed by atoms with E-state index in [2.05, 4.69) is 0 Å². The smallest absolute Gasteiger partial charge is 0.338 e. The van der Waals surface area contributed by atoms with Gasteiger partial charge in [-0.25, -0.2) is 4.79 Å². The first kappa shape index (κ1) is 14.5. The Morgan fingerprint density at radius 3 is 2.61 bits per heavy atom. The van der Waals surface area contributed by atoms with E-state index >= 15 is 0 Å². The maximum Gasteiger partial charge on any atom is 0.338 e. The number of nitrogens with two attached hydrogens (primary N) is 1. The summed E-state index contributed by atoms with van der Waals surface area (Å²) in [5.74, 6) is 0.268. The highest BCUT2D eigenvalue weighted by molar-refractivity contribution is 5.90. The molecule has 0 aliphatic rings. The van der Waals surface area contributed by atoms with Crippen LogP contribution in [-0.4, -0.2) is 24.2 Å². The molecule has 0 fully saturated rings. The van der Waals surface area contributed by atoms with Gasteiger partial charge in [0.1, 0.15) is 18.0 Å². The molecule has 1 rings (SSSR count). The zero-order chi connectivity index (χ0) is 13.8. The summed E-state index contributed by atoms with van der Waals surface area (Å²) in [7, 11) is 0. The van der Waals surface area contributed by atoms with Crippen LogP contribution in [0.5, 0.6) is 5.75 Å². The summed E-state index contributed by atoms with van der Waals surface area (Å²) in [6, 6.07) is 6.87. The molecule has 1 unspecified atom stereocenters. The molecule has 0 heterocycles. The minimum atomic E-state index is -0.500. The van der Waals surface area contributed by atoms with E-state index in [1.54, 1.807) is 24.3 Å². The third-order valence-electron chi connectivity index (χ3n) is 1.98. The van der Waals surface area contributed by atoms with Crippen LogP contribution in [0.2, 0.25) is 0 Å². The second kappa shape index (κ2) is 5.87. The van der Waals surface area contributed by atoms with Crippen molar-refractivity contribution in [1.29, 1.82) is 0 Å². The van der Waals surface area contributed by atoms with E-state index in [4.69, 9.17) is 15.2 Å². The molecule has 1 aromatic rings. The number of hydrogen-bond acceptors (Lipinski definition) is 4. The topological polar surface area (TPSA) is 61.5 Å². The van der Waals surface area contributed by atoms with E-state index in [1.807, 2.05) is 27.7 Å². The maximum absolute atomic E-state index is 11.8. The molecular formula is C14H21NO3. The van der Waals surface area contributed by atoms with Gasteiger partial charge in [-0.15, -0.1) is 0 Å². The zero-order valence-corrected chi connectivity index (χ0v) is 11.4. The number of carbonyl (C=O) groups excluding carboxylic acids is 1. The lowest BCUT2D eigenvalue weighted by atomic mass is 10.1. The van der Waals surface area contributed by atoms with Gasteiger partial charge >= 0.3 is 5.97 Å². The normalized spacial score (nSPS) is 12.9. The summed E-state index contributed by atoms with van der Waals surface area (Å²) in [6.45, 7) is 7.78. The lowest BCUT2D eigenvalue weighted by molar-refractivity contribution is 0.00691. The summed E-state index contributed by atoms with van der Waals surface area (Å²) < 4.78 is 10.7. The van der Waals surface area contributed by atoms with Gasteiger partial charge in [0.15, 0.2) is 0 Å². The average molecular weight is 251 g/mol. The lowest BCUT2D eigenvalue weighted by Gasteiger charge is -2.19. The van der Waals surface area contributed by atoms with Gasteiger partial charge in [-0.05, 0) is 45.9 Å². The highest BCUT2D eigenvalue weighted by Gasteiger charge is 2.18. The van der Waals surface area contributed by atoms with Crippen LogP contribution < -0.4 is 10.5 Å². The maximum atomic E-state index is 11.8. The Morgan fingerprint density at radius 2 is 2.06 bits per heavy atom. The molecule has 0 aliphatic carbocycles. The van der Waals surface area contributed by atoms with Crippen LogP contribution in [-0.2, 0) is 4.74 Å². The first-order valence-electron chi connectivity index (χ1n) is 6.00. The van der Waals surface area contributed by atoms with Crippen molar-refractivity contribution in [1.82, 2.24) is 0 Å². The van der Waals surface area contributed by atoms with Gasteiger partial charge < -0.3 is 15.2 Å². The minimum Gasteiger partial charge on any atom is -0.492 e. The van der Waals surface area contributed by atoms with E-state index in [1.165, 1.54) is 0 Å². The Hall–Kier alpha value is -1.55. The Bertz CT molecular complexity index is 408. The second-order valence-corrected chi connectivity index (χ2v) is 5.32. The molecule has 0 amide bonds. The first-order valence-corrected chi connectivity index (χ1v) is 6.00. The molecule has 0 bridgehead atoms. The molecule has 4 nitrogen and oxygen atoms in total. The molecule has 4 heteroatoms. The molecule has 0 aromatic heterocycles. The van der Waals surface area contributed by atoms with Gasteiger partial charge in [0.05, 0.1) is 5.56 Å². The molecule has 1 aromatic carbocycles. The third kappa shape index (κ3) is 5.19.